The highest BCUT2D eigenvalue weighted by Gasteiger charge is 2.37. The molecule has 3 heteroatoms. The summed E-state index contributed by atoms with van der Waals surface area (Å²) in [6.07, 6.45) is 5.86. The van der Waals surface area contributed by atoms with E-state index in [2.05, 4.69) is 19.2 Å². The number of morpholine rings is 1. The van der Waals surface area contributed by atoms with Crippen molar-refractivity contribution in [3.05, 3.63) is 0 Å². The van der Waals surface area contributed by atoms with E-state index in [4.69, 9.17) is 10.5 Å². The van der Waals surface area contributed by atoms with Crippen LogP contribution in [-0.4, -0.2) is 31.3 Å². The Labute approximate surface area is 93.8 Å². The van der Waals surface area contributed by atoms with E-state index in [1.165, 1.54) is 19.3 Å². The molecular formula is C12H26N2O. The number of nitrogens with one attached hydrogen (secondary N) is 1. The summed E-state index contributed by atoms with van der Waals surface area (Å²) >= 11 is 0. The van der Waals surface area contributed by atoms with E-state index in [0.717, 1.165) is 32.5 Å². The first-order valence-electron chi connectivity index (χ1n) is 6.35. The van der Waals surface area contributed by atoms with E-state index in [9.17, 15) is 0 Å². The highest BCUT2D eigenvalue weighted by atomic mass is 16.5. The van der Waals surface area contributed by atoms with Crippen molar-refractivity contribution in [3.63, 3.8) is 0 Å². The molecule has 2 atom stereocenters. The van der Waals surface area contributed by atoms with Crippen molar-refractivity contribution < 1.29 is 4.74 Å². The molecule has 3 nitrogen and oxygen atoms in total. The molecule has 3 N–H and O–H groups in total. The first kappa shape index (κ1) is 12.9. The van der Waals surface area contributed by atoms with Crippen LogP contribution in [0.3, 0.4) is 0 Å². The normalized spacial score (nSPS) is 29.0. The van der Waals surface area contributed by atoms with Crippen LogP contribution in [-0.2, 0) is 4.74 Å². The third-order valence-electron chi connectivity index (χ3n) is 3.41. The van der Waals surface area contributed by atoms with Crippen LogP contribution in [0.5, 0.6) is 0 Å². The minimum atomic E-state index is -0.0951. The standard InChI is InChI=1S/C12H26N2O/c1-3-5-6-7-12(11(13)4-2)10-14-8-9-15-12/h11,14H,3-10,13H2,1-2H3. The Morgan fingerprint density at radius 3 is 2.73 bits per heavy atom. The molecule has 0 aromatic heterocycles. The zero-order valence-electron chi connectivity index (χ0n) is 10.2. The molecule has 1 saturated heterocycles. The molecule has 1 aliphatic heterocycles. The Bertz CT molecular complexity index is 167. The summed E-state index contributed by atoms with van der Waals surface area (Å²) in [5, 5.41) is 3.41. The Kier molecular flexibility index (Phi) is 5.58. The summed E-state index contributed by atoms with van der Waals surface area (Å²) in [6, 6.07) is 0.169. The first-order valence-corrected chi connectivity index (χ1v) is 6.35. The summed E-state index contributed by atoms with van der Waals surface area (Å²) in [6.45, 7) is 7.06. The molecule has 2 unspecified atom stereocenters. The van der Waals surface area contributed by atoms with Crippen molar-refractivity contribution in [2.75, 3.05) is 19.7 Å². The van der Waals surface area contributed by atoms with Crippen LogP contribution in [0.25, 0.3) is 0 Å². The fourth-order valence-corrected chi connectivity index (χ4v) is 2.31. The van der Waals surface area contributed by atoms with Gasteiger partial charge in [0.1, 0.15) is 0 Å². The smallest absolute Gasteiger partial charge is 0.0956 e. The summed E-state index contributed by atoms with van der Waals surface area (Å²) in [4.78, 5) is 0. The molecule has 0 bridgehead atoms. The van der Waals surface area contributed by atoms with Crippen LogP contribution in [0, 0.1) is 0 Å². The van der Waals surface area contributed by atoms with Gasteiger partial charge in [-0.25, -0.2) is 0 Å². The lowest BCUT2D eigenvalue weighted by molar-refractivity contribution is -0.0892. The predicted octanol–water partition coefficient (Wildman–Crippen LogP) is 1.66. The van der Waals surface area contributed by atoms with Crippen LogP contribution in [0.15, 0.2) is 0 Å². The largest absolute Gasteiger partial charge is 0.371 e. The fourth-order valence-electron chi connectivity index (χ4n) is 2.31. The third-order valence-corrected chi connectivity index (χ3v) is 3.41. The molecule has 0 aliphatic carbocycles. The molecule has 0 aromatic carbocycles. The van der Waals surface area contributed by atoms with Gasteiger partial charge in [0.2, 0.25) is 0 Å². The lowest BCUT2D eigenvalue weighted by atomic mass is 9.86. The van der Waals surface area contributed by atoms with Crippen molar-refractivity contribution in [1.29, 1.82) is 0 Å². The molecule has 0 aromatic rings. The van der Waals surface area contributed by atoms with Gasteiger partial charge < -0.3 is 15.8 Å². The average molecular weight is 214 g/mol. The van der Waals surface area contributed by atoms with E-state index in [1.807, 2.05) is 0 Å². The van der Waals surface area contributed by atoms with Crippen LogP contribution >= 0.6 is 0 Å². The van der Waals surface area contributed by atoms with Gasteiger partial charge in [0.25, 0.3) is 0 Å². The number of unbranched alkanes of at least 4 members (excludes halogenated alkanes) is 2. The highest BCUT2D eigenvalue weighted by Crippen LogP contribution is 2.26. The molecule has 1 aliphatic rings. The van der Waals surface area contributed by atoms with Crippen LogP contribution in [0.2, 0.25) is 0 Å². The second-order valence-electron chi connectivity index (χ2n) is 4.56. The first-order chi connectivity index (χ1) is 7.25. The number of nitrogens with two attached hydrogens (primary N) is 1. The van der Waals surface area contributed by atoms with E-state index in [1.54, 1.807) is 0 Å². The molecular weight excluding hydrogens is 188 g/mol. The quantitative estimate of drug-likeness (QED) is 0.661. The topological polar surface area (TPSA) is 47.3 Å². The van der Waals surface area contributed by atoms with Crippen LogP contribution in [0.1, 0.15) is 46.0 Å². The van der Waals surface area contributed by atoms with Crippen LogP contribution in [0.4, 0.5) is 0 Å². The Morgan fingerprint density at radius 2 is 2.20 bits per heavy atom. The highest BCUT2D eigenvalue weighted by molar-refractivity contribution is 4.94. The SMILES string of the molecule is CCCCCC1(C(N)CC)CNCCO1. The van der Waals surface area contributed by atoms with Gasteiger partial charge >= 0.3 is 0 Å². The molecule has 1 heterocycles. The van der Waals surface area contributed by atoms with E-state index < -0.39 is 0 Å². The van der Waals surface area contributed by atoms with Gasteiger partial charge in [-0.05, 0) is 12.8 Å². The number of hydrogen-bond donors (Lipinski definition) is 2. The predicted molar refractivity (Wildman–Crippen MR) is 64.0 cm³/mol. The van der Waals surface area contributed by atoms with Gasteiger partial charge in [0, 0.05) is 19.1 Å². The van der Waals surface area contributed by atoms with E-state index in [0.29, 0.717) is 0 Å². The molecule has 15 heavy (non-hydrogen) atoms. The van der Waals surface area contributed by atoms with E-state index in [-0.39, 0.29) is 11.6 Å². The molecule has 90 valence electrons. The second-order valence-corrected chi connectivity index (χ2v) is 4.56. The minimum absolute atomic E-state index is 0.0951. The maximum atomic E-state index is 6.20. The van der Waals surface area contributed by atoms with Gasteiger partial charge in [0.05, 0.1) is 12.2 Å². The maximum absolute atomic E-state index is 6.20. The molecule has 0 spiro atoms. The van der Waals surface area contributed by atoms with Gasteiger partial charge in [-0.1, -0.05) is 33.1 Å². The maximum Gasteiger partial charge on any atom is 0.0956 e. The van der Waals surface area contributed by atoms with Gasteiger partial charge in [-0.15, -0.1) is 0 Å². The molecule has 0 radical (unpaired) electrons. The third kappa shape index (κ3) is 3.44. The Morgan fingerprint density at radius 1 is 1.40 bits per heavy atom. The Hall–Kier alpha value is -0.120. The van der Waals surface area contributed by atoms with Gasteiger partial charge in [-0.2, -0.15) is 0 Å². The zero-order chi connectivity index (χ0) is 11.1. The number of ether oxygens (including phenoxy) is 1. The second kappa shape index (κ2) is 6.46. The molecule has 1 fully saturated rings. The fraction of sp³-hybridized carbons (Fsp3) is 1.00. The number of rotatable bonds is 6. The van der Waals surface area contributed by atoms with Crippen molar-refractivity contribution in [2.45, 2.75) is 57.6 Å². The van der Waals surface area contributed by atoms with Crippen molar-refractivity contribution in [2.24, 2.45) is 5.73 Å². The lowest BCUT2D eigenvalue weighted by Crippen LogP contribution is -2.59. The summed E-state index contributed by atoms with van der Waals surface area (Å²) in [7, 11) is 0. The van der Waals surface area contributed by atoms with Gasteiger partial charge in [-0.3, -0.25) is 0 Å². The van der Waals surface area contributed by atoms with Crippen molar-refractivity contribution in [3.8, 4) is 0 Å². The zero-order valence-corrected chi connectivity index (χ0v) is 10.2. The summed E-state index contributed by atoms with van der Waals surface area (Å²) in [5.41, 5.74) is 6.10. The van der Waals surface area contributed by atoms with Gasteiger partial charge in [0.15, 0.2) is 0 Å². The van der Waals surface area contributed by atoms with Crippen LogP contribution < -0.4 is 11.1 Å². The molecule has 1 rings (SSSR count). The summed E-state index contributed by atoms with van der Waals surface area (Å²) in [5.74, 6) is 0. The molecule has 0 saturated carbocycles. The Balaban J connectivity index is 2.50. The minimum Gasteiger partial charge on any atom is -0.371 e. The summed E-state index contributed by atoms with van der Waals surface area (Å²) < 4.78 is 5.98. The monoisotopic (exact) mass is 214 g/mol. The average Bonchev–Trinajstić information content (AvgIpc) is 2.29. The van der Waals surface area contributed by atoms with E-state index >= 15 is 0 Å². The lowest BCUT2D eigenvalue weighted by Gasteiger charge is -2.42. The molecule has 0 amide bonds. The number of hydrogen-bond acceptors (Lipinski definition) is 3. The van der Waals surface area contributed by atoms with Crippen molar-refractivity contribution in [1.82, 2.24) is 5.32 Å². The van der Waals surface area contributed by atoms with Crippen molar-refractivity contribution >= 4 is 0 Å².